The maximum atomic E-state index is 5.98. The van der Waals surface area contributed by atoms with E-state index in [9.17, 15) is 0 Å². The first-order valence-corrected chi connectivity index (χ1v) is 6.10. The van der Waals surface area contributed by atoms with E-state index in [1.165, 1.54) is 5.56 Å². The van der Waals surface area contributed by atoms with Gasteiger partial charge in [-0.05, 0) is 43.0 Å². The van der Waals surface area contributed by atoms with E-state index in [0.29, 0.717) is 12.0 Å². The Bertz CT molecular complexity index is 343. The van der Waals surface area contributed by atoms with E-state index in [-0.39, 0.29) is 0 Å². The molecular weight excluding hydrogens is 222 g/mol. The van der Waals surface area contributed by atoms with Gasteiger partial charge in [0, 0.05) is 17.6 Å². The van der Waals surface area contributed by atoms with Crippen molar-refractivity contribution in [1.82, 2.24) is 10.9 Å². The quantitative estimate of drug-likeness (QED) is 0.743. The lowest BCUT2D eigenvalue weighted by Crippen LogP contribution is -2.33. The molecule has 2 rings (SSSR count). The van der Waals surface area contributed by atoms with Crippen molar-refractivity contribution in [1.29, 1.82) is 0 Å². The van der Waals surface area contributed by atoms with Crippen molar-refractivity contribution < 1.29 is 0 Å². The molecule has 0 aliphatic carbocycles. The first kappa shape index (κ1) is 11.9. The minimum absolute atomic E-state index is 0.476. The molecule has 1 aliphatic heterocycles. The van der Waals surface area contributed by atoms with E-state index in [1.807, 2.05) is 18.2 Å². The fraction of sp³-hybridized carbons (Fsp3) is 0.500. The molecule has 4 N–H and O–H groups in total. The molecule has 3 nitrogen and oxygen atoms in total. The van der Waals surface area contributed by atoms with Crippen LogP contribution in [0.1, 0.15) is 12.0 Å². The maximum Gasteiger partial charge on any atom is 0.0408 e. The third kappa shape index (κ3) is 2.95. The Balaban J connectivity index is 1.98. The third-order valence-corrected chi connectivity index (χ3v) is 3.32. The molecule has 0 radical (unpaired) electrons. The van der Waals surface area contributed by atoms with Crippen molar-refractivity contribution >= 4 is 11.6 Å². The van der Waals surface area contributed by atoms with E-state index in [2.05, 4.69) is 16.9 Å². The molecule has 88 valence electrons. The SMILES string of the molecule is NCCC1NNCC1Cc1cccc(Cl)c1. The van der Waals surface area contributed by atoms with Crippen LogP contribution in [-0.4, -0.2) is 19.1 Å². The molecule has 0 amide bonds. The van der Waals surface area contributed by atoms with Crippen LogP contribution in [0.3, 0.4) is 0 Å². The maximum absolute atomic E-state index is 5.98. The van der Waals surface area contributed by atoms with Crippen molar-refractivity contribution in [2.45, 2.75) is 18.9 Å². The predicted molar refractivity (Wildman–Crippen MR) is 67.2 cm³/mol. The average Bonchev–Trinajstić information content (AvgIpc) is 2.66. The highest BCUT2D eigenvalue weighted by Gasteiger charge is 2.25. The monoisotopic (exact) mass is 239 g/mol. The molecule has 0 bridgehead atoms. The largest absolute Gasteiger partial charge is 0.330 e. The normalized spacial score (nSPS) is 24.9. The van der Waals surface area contributed by atoms with Gasteiger partial charge in [0.05, 0.1) is 0 Å². The molecule has 0 aromatic heterocycles. The summed E-state index contributed by atoms with van der Waals surface area (Å²) in [6.07, 6.45) is 2.06. The lowest BCUT2D eigenvalue weighted by Gasteiger charge is -2.17. The molecule has 1 fully saturated rings. The summed E-state index contributed by atoms with van der Waals surface area (Å²) in [6.45, 7) is 1.72. The van der Waals surface area contributed by atoms with Crippen LogP contribution in [0.15, 0.2) is 24.3 Å². The first-order valence-electron chi connectivity index (χ1n) is 5.72. The van der Waals surface area contributed by atoms with Gasteiger partial charge in [0.15, 0.2) is 0 Å². The summed E-state index contributed by atoms with van der Waals surface area (Å²) in [4.78, 5) is 0. The van der Waals surface area contributed by atoms with Gasteiger partial charge in [-0.25, -0.2) is 0 Å². The van der Waals surface area contributed by atoms with Gasteiger partial charge in [0.25, 0.3) is 0 Å². The van der Waals surface area contributed by atoms with Crippen molar-refractivity contribution in [2.24, 2.45) is 11.7 Å². The van der Waals surface area contributed by atoms with E-state index < -0.39 is 0 Å². The van der Waals surface area contributed by atoms with Gasteiger partial charge in [0.2, 0.25) is 0 Å². The van der Waals surface area contributed by atoms with Crippen LogP contribution in [0, 0.1) is 5.92 Å². The van der Waals surface area contributed by atoms with E-state index in [1.54, 1.807) is 0 Å². The molecule has 0 saturated carbocycles. The van der Waals surface area contributed by atoms with Crippen LogP contribution >= 0.6 is 11.6 Å². The lowest BCUT2D eigenvalue weighted by molar-refractivity contribution is 0.433. The topological polar surface area (TPSA) is 50.1 Å². The molecule has 4 heteroatoms. The highest BCUT2D eigenvalue weighted by molar-refractivity contribution is 6.30. The van der Waals surface area contributed by atoms with Crippen molar-refractivity contribution in [3.05, 3.63) is 34.9 Å². The summed E-state index contributed by atoms with van der Waals surface area (Å²) >= 11 is 5.98. The molecule has 1 aliphatic rings. The summed E-state index contributed by atoms with van der Waals surface area (Å²) in [5.41, 5.74) is 13.4. The van der Waals surface area contributed by atoms with E-state index in [0.717, 1.165) is 31.0 Å². The third-order valence-electron chi connectivity index (χ3n) is 3.09. The van der Waals surface area contributed by atoms with Crippen LogP contribution in [-0.2, 0) is 6.42 Å². The molecule has 1 aromatic carbocycles. The predicted octanol–water partition coefficient (Wildman–Crippen LogP) is 1.32. The second-order valence-corrected chi connectivity index (χ2v) is 4.74. The highest BCUT2D eigenvalue weighted by atomic mass is 35.5. The van der Waals surface area contributed by atoms with Crippen molar-refractivity contribution in [3.8, 4) is 0 Å². The number of nitrogens with two attached hydrogens (primary N) is 1. The number of hydrogen-bond acceptors (Lipinski definition) is 3. The summed E-state index contributed by atoms with van der Waals surface area (Å²) in [5.74, 6) is 0.599. The van der Waals surface area contributed by atoms with Gasteiger partial charge in [-0.15, -0.1) is 0 Å². The number of rotatable bonds is 4. The number of nitrogens with one attached hydrogen (secondary N) is 2. The van der Waals surface area contributed by atoms with Gasteiger partial charge >= 0.3 is 0 Å². The molecule has 16 heavy (non-hydrogen) atoms. The van der Waals surface area contributed by atoms with Crippen molar-refractivity contribution in [2.75, 3.05) is 13.1 Å². The fourth-order valence-corrected chi connectivity index (χ4v) is 2.46. The fourth-order valence-electron chi connectivity index (χ4n) is 2.25. The van der Waals surface area contributed by atoms with Gasteiger partial charge in [-0.2, -0.15) is 0 Å². The Morgan fingerprint density at radius 2 is 2.31 bits per heavy atom. The van der Waals surface area contributed by atoms with Gasteiger partial charge in [0.1, 0.15) is 0 Å². The zero-order valence-corrected chi connectivity index (χ0v) is 10.0. The van der Waals surface area contributed by atoms with Crippen LogP contribution in [0.25, 0.3) is 0 Å². The van der Waals surface area contributed by atoms with Crippen LogP contribution in [0.4, 0.5) is 0 Å². The van der Waals surface area contributed by atoms with Gasteiger partial charge in [-0.3, -0.25) is 10.9 Å². The number of benzene rings is 1. The molecule has 1 heterocycles. The molecule has 2 unspecified atom stereocenters. The summed E-state index contributed by atoms with van der Waals surface area (Å²) in [7, 11) is 0. The van der Waals surface area contributed by atoms with Gasteiger partial charge in [-0.1, -0.05) is 23.7 Å². The van der Waals surface area contributed by atoms with Crippen LogP contribution < -0.4 is 16.6 Å². The lowest BCUT2D eigenvalue weighted by atomic mass is 9.92. The van der Waals surface area contributed by atoms with Crippen LogP contribution in [0.5, 0.6) is 0 Å². The Hall–Kier alpha value is -0.610. The van der Waals surface area contributed by atoms with Crippen molar-refractivity contribution in [3.63, 3.8) is 0 Å². The standard InChI is InChI=1S/C12H18ClN3/c13-11-3-1-2-9(7-11)6-10-8-15-16-12(10)4-5-14/h1-3,7,10,12,15-16H,4-6,8,14H2. The first-order chi connectivity index (χ1) is 7.79. The molecule has 0 spiro atoms. The molecular formula is C12H18ClN3. The molecule has 1 saturated heterocycles. The second kappa shape index (κ2) is 5.64. The number of hydrogen-bond donors (Lipinski definition) is 3. The molecule has 1 aromatic rings. The summed E-state index contributed by atoms with van der Waals surface area (Å²) in [6, 6.07) is 8.56. The summed E-state index contributed by atoms with van der Waals surface area (Å²) in [5, 5.41) is 0.812. The molecule has 2 atom stereocenters. The highest BCUT2D eigenvalue weighted by Crippen LogP contribution is 2.19. The zero-order chi connectivity index (χ0) is 11.4. The minimum atomic E-state index is 0.476. The Kier molecular flexibility index (Phi) is 4.18. The average molecular weight is 240 g/mol. The second-order valence-electron chi connectivity index (χ2n) is 4.30. The smallest absolute Gasteiger partial charge is 0.0408 e. The Labute approximate surface area is 101 Å². The van der Waals surface area contributed by atoms with E-state index in [4.69, 9.17) is 17.3 Å². The number of hydrazine groups is 1. The Morgan fingerprint density at radius 1 is 1.44 bits per heavy atom. The minimum Gasteiger partial charge on any atom is -0.330 e. The Morgan fingerprint density at radius 3 is 3.06 bits per heavy atom. The van der Waals surface area contributed by atoms with E-state index >= 15 is 0 Å². The van der Waals surface area contributed by atoms with Crippen LogP contribution in [0.2, 0.25) is 5.02 Å². The van der Waals surface area contributed by atoms with Gasteiger partial charge < -0.3 is 5.73 Å². The zero-order valence-electron chi connectivity index (χ0n) is 9.25. The summed E-state index contributed by atoms with van der Waals surface area (Å²) < 4.78 is 0. The number of halogens is 1.